The molecule has 2 fully saturated rings. The van der Waals surface area contributed by atoms with Crippen LogP contribution in [0.4, 0.5) is 0 Å². The van der Waals surface area contributed by atoms with Gasteiger partial charge in [0.25, 0.3) is 5.91 Å². The molecule has 1 aromatic carbocycles. The standard InChI is InChI=1S/C17H20N4O/c1-20-11-18-16(19-20)12-5-7-13(8-6-12)17(22)21-9-14-3-2-4-15(14)10-21/h5-8,11,14-15H,2-4,9-10H2,1H3/t14-,15+. The van der Waals surface area contributed by atoms with E-state index in [4.69, 9.17) is 0 Å². The molecule has 0 bridgehead atoms. The summed E-state index contributed by atoms with van der Waals surface area (Å²) in [6.07, 6.45) is 5.60. The summed E-state index contributed by atoms with van der Waals surface area (Å²) in [5.41, 5.74) is 1.70. The molecule has 1 saturated carbocycles. The number of carbonyl (C=O) groups is 1. The molecular formula is C17H20N4O. The maximum atomic E-state index is 12.6. The summed E-state index contributed by atoms with van der Waals surface area (Å²) in [4.78, 5) is 18.9. The van der Waals surface area contributed by atoms with Crippen molar-refractivity contribution in [1.82, 2.24) is 19.7 Å². The lowest BCUT2D eigenvalue weighted by atomic mass is 10.0. The Bertz CT molecular complexity index is 679. The number of nitrogens with zero attached hydrogens (tertiary/aromatic N) is 4. The maximum Gasteiger partial charge on any atom is 0.253 e. The Balaban J connectivity index is 1.50. The van der Waals surface area contributed by atoms with Crippen LogP contribution >= 0.6 is 0 Å². The van der Waals surface area contributed by atoms with Crippen molar-refractivity contribution in [3.8, 4) is 11.4 Å². The molecule has 0 spiro atoms. The number of carbonyl (C=O) groups excluding carboxylic acids is 1. The van der Waals surface area contributed by atoms with E-state index in [1.54, 1.807) is 11.0 Å². The first kappa shape index (κ1) is 13.5. The Kier molecular flexibility index (Phi) is 3.21. The highest BCUT2D eigenvalue weighted by atomic mass is 16.2. The fourth-order valence-corrected chi connectivity index (χ4v) is 3.82. The number of aryl methyl sites for hydroxylation is 1. The van der Waals surface area contributed by atoms with E-state index in [2.05, 4.69) is 10.1 Å². The molecule has 2 aliphatic rings. The van der Waals surface area contributed by atoms with Gasteiger partial charge in [-0.3, -0.25) is 9.48 Å². The molecule has 5 nitrogen and oxygen atoms in total. The summed E-state index contributed by atoms with van der Waals surface area (Å²) in [7, 11) is 1.85. The van der Waals surface area contributed by atoms with Gasteiger partial charge in [0.2, 0.25) is 0 Å². The molecule has 22 heavy (non-hydrogen) atoms. The van der Waals surface area contributed by atoms with E-state index in [1.165, 1.54) is 19.3 Å². The second-order valence-electron chi connectivity index (χ2n) is 6.48. The zero-order valence-corrected chi connectivity index (χ0v) is 12.8. The summed E-state index contributed by atoms with van der Waals surface area (Å²) in [6.45, 7) is 1.88. The van der Waals surface area contributed by atoms with E-state index in [9.17, 15) is 4.79 Å². The van der Waals surface area contributed by atoms with Crippen LogP contribution in [0.15, 0.2) is 30.6 Å². The van der Waals surface area contributed by atoms with E-state index in [0.717, 1.165) is 36.1 Å². The highest BCUT2D eigenvalue weighted by molar-refractivity contribution is 5.94. The van der Waals surface area contributed by atoms with Crippen molar-refractivity contribution >= 4 is 5.91 Å². The second kappa shape index (κ2) is 5.23. The van der Waals surface area contributed by atoms with Crippen LogP contribution in [0.5, 0.6) is 0 Å². The highest BCUT2D eigenvalue weighted by Gasteiger charge is 2.38. The molecule has 1 saturated heterocycles. The SMILES string of the molecule is Cn1cnc(-c2ccc(C(=O)N3C[C@H]4CCC[C@H]4C3)cc2)n1. The Labute approximate surface area is 130 Å². The summed E-state index contributed by atoms with van der Waals surface area (Å²) < 4.78 is 1.68. The van der Waals surface area contributed by atoms with Crippen LogP contribution in [0, 0.1) is 11.8 Å². The zero-order valence-electron chi connectivity index (χ0n) is 12.8. The summed E-state index contributed by atoms with van der Waals surface area (Å²) >= 11 is 0. The largest absolute Gasteiger partial charge is 0.338 e. The minimum atomic E-state index is 0.162. The lowest BCUT2D eigenvalue weighted by Crippen LogP contribution is -2.29. The molecule has 0 N–H and O–H groups in total. The van der Waals surface area contributed by atoms with Crippen molar-refractivity contribution in [2.24, 2.45) is 18.9 Å². The quantitative estimate of drug-likeness (QED) is 0.855. The number of amides is 1. The summed E-state index contributed by atoms with van der Waals surface area (Å²) in [5.74, 6) is 2.33. The van der Waals surface area contributed by atoms with Crippen molar-refractivity contribution in [2.45, 2.75) is 19.3 Å². The van der Waals surface area contributed by atoms with Crippen molar-refractivity contribution in [3.05, 3.63) is 36.2 Å². The predicted octanol–water partition coefficient (Wildman–Crippen LogP) is 2.35. The molecule has 0 radical (unpaired) electrons. The highest BCUT2D eigenvalue weighted by Crippen LogP contribution is 2.38. The number of rotatable bonds is 2. The van der Waals surface area contributed by atoms with Gasteiger partial charge in [0.15, 0.2) is 5.82 Å². The molecule has 2 heterocycles. The van der Waals surface area contributed by atoms with Crippen LogP contribution in [-0.4, -0.2) is 38.7 Å². The minimum Gasteiger partial charge on any atom is -0.338 e. The molecule has 1 aliphatic heterocycles. The Morgan fingerprint density at radius 3 is 2.41 bits per heavy atom. The lowest BCUT2D eigenvalue weighted by molar-refractivity contribution is 0.0780. The van der Waals surface area contributed by atoms with E-state index in [-0.39, 0.29) is 5.91 Å². The van der Waals surface area contributed by atoms with Gasteiger partial charge >= 0.3 is 0 Å². The number of aromatic nitrogens is 3. The van der Waals surface area contributed by atoms with Gasteiger partial charge < -0.3 is 4.90 Å². The van der Waals surface area contributed by atoms with Crippen LogP contribution in [0.1, 0.15) is 29.6 Å². The Morgan fingerprint density at radius 2 is 1.82 bits per heavy atom. The minimum absolute atomic E-state index is 0.162. The van der Waals surface area contributed by atoms with E-state index < -0.39 is 0 Å². The maximum absolute atomic E-state index is 12.6. The fourth-order valence-electron chi connectivity index (χ4n) is 3.82. The van der Waals surface area contributed by atoms with Crippen molar-refractivity contribution in [1.29, 1.82) is 0 Å². The predicted molar refractivity (Wildman–Crippen MR) is 83.2 cm³/mol. The van der Waals surface area contributed by atoms with Crippen molar-refractivity contribution in [3.63, 3.8) is 0 Å². The molecule has 0 unspecified atom stereocenters. The van der Waals surface area contributed by atoms with Gasteiger partial charge in [0.05, 0.1) is 0 Å². The van der Waals surface area contributed by atoms with E-state index >= 15 is 0 Å². The molecule has 1 aromatic heterocycles. The number of benzene rings is 1. The molecule has 1 aliphatic carbocycles. The topological polar surface area (TPSA) is 51.0 Å². The van der Waals surface area contributed by atoms with Gasteiger partial charge in [-0.25, -0.2) is 4.98 Å². The molecular weight excluding hydrogens is 276 g/mol. The monoisotopic (exact) mass is 296 g/mol. The third kappa shape index (κ3) is 2.30. The van der Waals surface area contributed by atoms with E-state index in [0.29, 0.717) is 5.82 Å². The molecule has 1 amide bonds. The Morgan fingerprint density at radius 1 is 1.14 bits per heavy atom. The molecule has 2 atom stereocenters. The summed E-state index contributed by atoms with van der Waals surface area (Å²) in [6, 6.07) is 7.64. The Hall–Kier alpha value is -2.17. The first-order chi connectivity index (χ1) is 10.7. The third-order valence-corrected chi connectivity index (χ3v) is 5.00. The first-order valence-electron chi connectivity index (χ1n) is 7.96. The summed E-state index contributed by atoms with van der Waals surface area (Å²) in [5, 5.41) is 4.28. The first-order valence-corrected chi connectivity index (χ1v) is 7.96. The average Bonchev–Trinajstić information content (AvgIpc) is 3.22. The normalized spacial score (nSPS) is 23.8. The van der Waals surface area contributed by atoms with Gasteiger partial charge in [-0.15, -0.1) is 0 Å². The fraction of sp³-hybridized carbons (Fsp3) is 0.471. The number of fused-ring (bicyclic) bond motifs is 1. The lowest BCUT2D eigenvalue weighted by Gasteiger charge is -2.17. The van der Waals surface area contributed by atoms with E-state index in [1.807, 2.05) is 36.2 Å². The zero-order chi connectivity index (χ0) is 15.1. The molecule has 4 rings (SSSR count). The van der Waals surface area contributed by atoms with Gasteiger partial charge in [-0.1, -0.05) is 18.6 Å². The smallest absolute Gasteiger partial charge is 0.253 e. The molecule has 114 valence electrons. The van der Waals surface area contributed by atoms with Crippen LogP contribution in [0.3, 0.4) is 0 Å². The van der Waals surface area contributed by atoms with Crippen molar-refractivity contribution in [2.75, 3.05) is 13.1 Å². The second-order valence-corrected chi connectivity index (χ2v) is 6.48. The third-order valence-electron chi connectivity index (χ3n) is 5.00. The van der Waals surface area contributed by atoms with Crippen LogP contribution < -0.4 is 0 Å². The average molecular weight is 296 g/mol. The number of hydrogen-bond acceptors (Lipinski definition) is 3. The van der Waals surface area contributed by atoms with Crippen LogP contribution in [-0.2, 0) is 7.05 Å². The molecule has 5 heteroatoms. The number of likely N-dealkylation sites (tertiary alicyclic amines) is 1. The van der Waals surface area contributed by atoms with Gasteiger partial charge in [0.1, 0.15) is 6.33 Å². The number of hydrogen-bond donors (Lipinski definition) is 0. The van der Waals surface area contributed by atoms with Crippen molar-refractivity contribution < 1.29 is 4.79 Å². The van der Waals surface area contributed by atoms with Gasteiger partial charge in [-0.05, 0) is 36.8 Å². The van der Waals surface area contributed by atoms with Gasteiger partial charge in [0, 0.05) is 31.3 Å². The van der Waals surface area contributed by atoms with Crippen LogP contribution in [0.25, 0.3) is 11.4 Å². The molecule has 2 aromatic rings. The van der Waals surface area contributed by atoms with Crippen LogP contribution in [0.2, 0.25) is 0 Å². The van der Waals surface area contributed by atoms with Gasteiger partial charge in [-0.2, -0.15) is 5.10 Å².